The van der Waals surface area contributed by atoms with E-state index in [-0.39, 0.29) is 0 Å². The topological polar surface area (TPSA) is 52.0 Å². The van der Waals surface area contributed by atoms with Crippen molar-refractivity contribution in [3.63, 3.8) is 0 Å². The van der Waals surface area contributed by atoms with Crippen LogP contribution in [0, 0.1) is 6.92 Å². The Balaban J connectivity index is 2.14. The van der Waals surface area contributed by atoms with Gasteiger partial charge < -0.3 is 10.2 Å². The van der Waals surface area contributed by atoms with E-state index in [9.17, 15) is 0 Å². The van der Waals surface area contributed by atoms with Gasteiger partial charge in [0.1, 0.15) is 11.3 Å². The molecule has 84 valence electrons. The van der Waals surface area contributed by atoms with Crippen LogP contribution in [0.3, 0.4) is 0 Å². The number of aryl methyl sites for hydroxylation is 1. The summed E-state index contributed by atoms with van der Waals surface area (Å²) in [5.41, 5.74) is 9.16. The lowest BCUT2D eigenvalue weighted by Crippen LogP contribution is -1.86. The second kappa shape index (κ2) is 3.63. The van der Waals surface area contributed by atoms with Gasteiger partial charge in [0.05, 0.1) is 11.9 Å². The quantitative estimate of drug-likeness (QED) is 0.689. The fourth-order valence-electron chi connectivity index (χ4n) is 1.84. The molecule has 0 unspecified atom stereocenters. The lowest BCUT2D eigenvalue weighted by molar-refractivity contribution is 0.628. The molecule has 0 fully saturated rings. The van der Waals surface area contributed by atoms with E-state index in [1.807, 2.05) is 30.3 Å². The van der Waals surface area contributed by atoms with E-state index >= 15 is 0 Å². The molecule has 0 saturated carbocycles. The molecule has 0 saturated heterocycles. The fourth-order valence-corrected chi connectivity index (χ4v) is 1.84. The van der Waals surface area contributed by atoms with Gasteiger partial charge in [-0.2, -0.15) is 0 Å². The summed E-state index contributed by atoms with van der Waals surface area (Å²) in [5, 5.41) is 1.10. The third-order valence-electron chi connectivity index (χ3n) is 2.71. The average Bonchev–Trinajstić information content (AvgIpc) is 2.72. The predicted molar refractivity (Wildman–Crippen MR) is 68.6 cm³/mol. The number of furan rings is 1. The normalized spacial score (nSPS) is 10.9. The molecule has 0 atom stereocenters. The van der Waals surface area contributed by atoms with Gasteiger partial charge in [0.2, 0.25) is 0 Å². The van der Waals surface area contributed by atoms with Crippen LogP contribution in [-0.2, 0) is 0 Å². The molecule has 0 amide bonds. The first-order valence-corrected chi connectivity index (χ1v) is 5.44. The molecule has 3 nitrogen and oxygen atoms in total. The molecule has 0 aliphatic carbocycles. The van der Waals surface area contributed by atoms with Crippen molar-refractivity contribution in [3.05, 3.63) is 48.2 Å². The molecule has 3 aromatic rings. The molecule has 2 heterocycles. The Morgan fingerprint density at radius 1 is 1.12 bits per heavy atom. The Labute approximate surface area is 98.9 Å². The molecule has 0 aliphatic rings. The summed E-state index contributed by atoms with van der Waals surface area (Å²) in [6, 6.07) is 11.8. The van der Waals surface area contributed by atoms with Gasteiger partial charge in [-0.3, -0.25) is 4.98 Å². The van der Waals surface area contributed by atoms with Gasteiger partial charge in [0.15, 0.2) is 5.76 Å². The van der Waals surface area contributed by atoms with E-state index in [0.29, 0.717) is 5.69 Å². The summed E-state index contributed by atoms with van der Waals surface area (Å²) < 4.78 is 5.75. The minimum absolute atomic E-state index is 0.653. The molecule has 0 radical (unpaired) electrons. The maximum Gasteiger partial charge on any atom is 0.153 e. The third-order valence-corrected chi connectivity index (χ3v) is 2.71. The van der Waals surface area contributed by atoms with Gasteiger partial charge in [-0.15, -0.1) is 0 Å². The van der Waals surface area contributed by atoms with Crippen LogP contribution in [0.25, 0.3) is 22.4 Å². The summed E-state index contributed by atoms with van der Waals surface area (Å²) in [6.45, 7) is 2.06. The van der Waals surface area contributed by atoms with Crippen molar-refractivity contribution in [2.45, 2.75) is 6.92 Å². The molecule has 3 rings (SSSR count). The molecule has 2 N–H and O–H groups in total. The summed E-state index contributed by atoms with van der Waals surface area (Å²) in [6.07, 6.45) is 1.63. The average molecular weight is 224 g/mol. The van der Waals surface area contributed by atoms with E-state index in [4.69, 9.17) is 10.2 Å². The van der Waals surface area contributed by atoms with E-state index in [0.717, 1.165) is 22.4 Å². The highest BCUT2D eigenvalue weighted by Crippen LogP contribution is 2.27. The number of rotatable bonds is 1. The molecular formula is C14H12N2O. The van der Waals surface area contributed by atoms with E-state index in [2.05, 4.69) is 18.0 Å². The lowest BCUT2D eigenvalue weighted by Gasteiger charge is -1.95. The van der Waals surface area contributed by atoms with Gasteiger partial charge in [-0.05, 0) is 37.3 Å². The smallest absolute Gasteiger partial charge is 0.153 e. The zero-order valence-corrected chi connectivity index (χ0v) is 9.47. The number of hydrogen-bond donors (Lipinski definition) is 1. The zero-order valence-electron chi connectivity index (χ0n) is 9.47. The van der Waals surface area contributed by atoms with Crippen LogP contribution in [0.15, 0.2) is 47.0 Å². The first-order valence-electron chi connectivity index (χ1n) is 5.44. The highest BCUT2D eigenvalue weighted by Gasteiger charge is 2.06. The molecular weight excluding hydrogens is 212 g/mol. The van der Waals surface area contributed by atoms with Crippen LogP contribution >= 0.6 is 0 Å². The number of nitrogen functional groups attached to an aromatic ring is 1. The van der Waals surface area contributed by atoms with E-state index in [1.54, 1.807) is 6.20 Å². The van der Waals surface area contributed by atoms with Gasteiger partial charge in [-0.25, -0.2) is 0 Å². The van der Waals surface area contributed by atoms with Crippen molar-refractivity contribution in [1.82, 2.24) is 4.98 Å². The van der Waals surface area contributed by atoms with Crippen molar-refractivity contribution in [1.29, 1.82) is 0 Å². The monoisotopic (exact) mass is 224 g/mol. The Kier molecular flexibility index (Phi) is 2.11. The molecule has 2 aromatic heterocycles. The maximum absolute atomic E-state index is 5.75. The van der Waals surface area contributed by atoms with Crippen molar-refractivity contribution >= 4 is 16.7 Å². The lowest BCUT2D eigenvalue weighted by atomic mass is 10.2. The van der Waals surface area contributed by atoms with Crippen LogP contribution in [0.1, 0.15) is 5.56 Å². The van der Waals surface area contributed by atoms with Gasteiger partial charge in [-0.1, -0.05) is 11.6 Å². The van der Waals surface area contributed by atoms with Crippen LogP contribution in [0.4, 0.5) is 5.69 Å². The second-order valence-corrected chi connectivity index (χ2v) is 4.13. The minimum atomic E-state index is 0.653. The fraction of sp³-hybridized carbons (Fsp3) is 0.0714. The van der Waals surface area contributed by atoms with Gasteiger partial charge in [0, 0.05) is 5.39 Å². The van der Waals surface area contributed by atoms with Crippen molar-refractivity contribution in [2.24, 2.45) is 0 Å². The highest BCUT2D eigenvalue weighted by molar-refractivity contribution is 5.82. The van der Waals surface area contributed by atoms with Gasteiger partial charge in [0.25, 0.3) is 0 Å². The van der Waals surface area contributed by atoms with Gasteiger partial charge >= 0.3 is 0 Å². The van der Waals surface area contributed by atoms with E-state index < -0.39 is 0 Å². The number of pyridine rings is 1. The Morgan fingerprint density at radius 3 is 2.76 bits per heavy atom. The summed E-state index contributed by atoms with van der Waals surface area (Å²) in [7, 11) is 0. The number of hydrogen-bond acceptors (Lipinski definition) is 3. The SMILES string of the molecule is Cc1ccc2oc(-c3ccc(N)cn3)cc2c1. The van der Waals surface area contributed by atoms with Crippen molar-refractivity contribution in [3.8, 4) is 11.5 Å². The zero-order chi connectivity index (χ0) is 11.8. The number of fused-ring (bicyclic) bond motifs is 1. The molecule has 17 heavy (non-hydrogen) atoms. The Morgan fingerprint density at radius 2 is 2.00 bits per heavy atom. The molecule has 0 aliphatic heterocycles. The number of benzene rings is 1. The predicted octanol–water partition coefficient (Wildman–Crippen LogP) is 3.39. The standard InChI is InChI=1S/C14H12N2O/c1-9-2-5-13-10(6-9)7-14(17-13)12-4-3-11(15)8-16-12/h2-8H,15H2,1H3. The van der Waals surface area contributed by atoms with Crippen molar-refractivity contribution < 1.29 is 4.42 Å². The Hall–Kier alpha value is -2.29. The minimum Gasteiger partial charge on any atom is -0.454 e. The molecule has 3 heteroatoms. The second-order valence-electron chi connectivity index (χ2n) is 4.13. The summed E-state index contributed by atoms with van der Waals surface area (Å²) in [4.78, 5) is 4.25. The van der Waals surface area contributed by atoms with Crippen LogP contribution in [-0.4, -0.2) is 4.98 Å². The summed E-state index contributed by atoms with van der Waals surface area (Å²) in [5.74, 6) is 0.769. The van der Waals surface area contributed by atoms with Crippen LogP contribution in [0.2, 0.25) is 0 Å². The van der Waals surface area contributed by atoms with Crippen LogP contribution in [0.5, 0.6) is 0 Å². The third kappa shape index (κ3) is 1.76. The first kappa shape index (κ1) is 9.90. The maximum atomic E-state index is 5.75. The largest absolute Gasteiger partial charge is 0.454 e. The first-order chi connectivity index (χ1) is 8.22. The molecule has 0 spiro atoms. The highest BCUT2D eigenvalue weighted by atomic mass is 16.3. The molecule has 1 aromatic carbocycles. The number of nitrogens with two attached hydrogens (primary N) is 1. The molecule has 0 bridgehead atoms. The van der Waals surface area contributed by atoms with Crippen molar-refractivity contribution in [2.75, 3.05) is 5.73 Å². The number of anilines is 1. The van der Waals surface area contributed by atoms with Crippen LogP contribution < -0.4 is 5.73 Å². The Bertz CT molecular complexity index is 668. The van der Waals surface area contributed by atoms with E-state index in [1.165, 1.54) is 5.56 Å². The number of nitrogens with zero attached hydrogens (tertiary/aromatic N) is 1. The summed E-state index contributed by atoms with van der Waals surface area (Å²) >= 11 is 0. The number of aromatic nitrogens is 1.